The van der Waals surface area contributed by atoms with Gasteiger partial charge in [0.05, 0.1) is 46.2 Å². The molecule has 0 amide bonds. The third kappa shape index (κ3) is 14.7. The van der Waals surface area contributed by atoms with Gasteiger partial charge in [-0.1, -0.05) is 182 Å². The second kappa shape index (κ2) is 26.4. The van der Waals surface area contributed by atoms with Gasteiger partial charge in [-0.2, -0.15) is 0 Å². The molecule has 8 rings (SSSR count). The molecule has 12 heteroatoms. The Balaban J connectivity index is 1.13. The molecule has 2 heterocycles. The average Bonchev–Trinajstić information content (AvgIpc) is 3.40. The van der Waals surface area contributed by atoms with Crippen LogP contribution in [0.3, 0.4) is 0 Å². The van der Waals surface area contributed by atoms with E-state index in [-0.39, 0.29) is 52.9 Å². The van der Waals surface area contributed by atoms with Crippen LogP contribution in [-0.2, 0) is 96.5 Å². The number of carbonyl (C=O) groups is 1. The van der Waals surface area contributed by atoms with Crippen molar-refractivity contribution in [2.24, 2.45) is 0 Å². The molecule has 0 bridgehead atoms. The number of hydrogen-bond acceptors (Lipinski definition) is 12. The van der Waals surface area contributed by atoms with Crippen molar-refractivity contribution < 1.29 is 56.9 Å². The molecule has 0 radical (unpaired) electrons. The molecule has 0 spiro atoms. The fourth-order valence-corrected chi connectivity index (χ4v) is 8.47. The minimum Gasteiger partial charge on any atom is -0.463 e. The summed E-state index contributed by atoms with van der Waals surface area (Å²) in [6.07, 6.45) is -8.13. The van der Waals surface area contributed by atoms with Crippen LogP contribution in [0.2, 0.25) is 0 Å². The number of esters is 1. The van der Waals surface area contributed by atoms with Gasteiger partial charge >= 0.3 is 5.97 Å². The predicted octanol–water partition coefficient (Wildman–Crippen LogP) is 9.17. The van der Waals surface area contributed by atoms with Gasteiger partial charge in [0.15, 0.2) is 12.6 Å². The summed E-state index contributed by atoms with van der Waals surface area (Å²) >= 11 is 0. The van der Waals surface area contributed by atoms with Crippen LogP contribution in [0, 0.1) is 0 Å². The van der Waals surface area contributed by atoms with Crippen molar-refractivity contribution in [2.75, 3.05) is 20.3 Å². The lowest BCUT2D eigenvalue weighted by atomic mass is 9.97. The van der Waals surface area contributed by atoms with Gasteiger partial charge in [0.2, 0.25) is 0 Å². The molecule has 362 valence electrons. The molecule has 6 aromatic carbocycles. The zero-order valence-corrected chi connectivity index (χ0v) is 39.1. The Labute approximate surface area is 405 Å². The molecule has 2 aliphatic heterocycles. The summed E-state index contributed by atoms with van der Waals surface area (Å²) < 4.78 is 73.2. The van der Waals surface area contributed by atoms with Crippen LogP contribution in [0.1, 0.15) is 40.3 Å². The summed E-state index contributed by atoms with van der Waals surface area (Å²) in [6, 6.07) is 59.4. The van der Waals surface area contributed by atoms with E-state index in [0.29, 0.717) is 0 Å². The smallest absolute Gasteiger partial charge is 0.302 e. The number of hydrogen-bond donors (Lipinski definition) is 0. The molecule has 2 aliphatic rings. The lowest BCUT2D eigenvalue weighted by Gasteiger charge is -2.47. The van der Waals surface area contributed by atoms with Crippen molar-refractivity contribution in [3.05, 3.63) is 215 Å². The Morgan fingerprint density at radius 1 is 0.362 bits per heavy atom. The standard InChI is InChI=1S/C57H62O12/c1-41(58)60-39-48-50(61-33-42-21-9-3-10-22-42)53(64-36-45-27-15-6-16-28-45)55(66-38-47-31-19-8-20-32-47)57(69-48)67-40-49-51(62-34-43-23-11-4-12-24-43)52(63-35-44-25-13-5-14-26-44)54(56(59-2)68-49)65-37-46-29-17-7-18-30-46/h3-32,48-57H,33-40H2,1-2H3/t48-,49-,50-,51-,52+,53+,54+,55+,56+,57+/m1/s1. The number of benzene rings is 6. The number of ether oxygens (including phenoxy) is 11. The molecular formula is C57H62O12. The van der Waals surface area contributed by atoms with Crippen molar-refractivity contribution in [3.63, 3.8) is 0 Å². The Bertz CT molecular complexity index is 2350. The first-order chi connectivity index (χ1) is 34.0. The highest BCUT2D eigenvalue weighted by molar-refractivity contribution is 5.65. The summed E-state index contributed by atoms with van der Waals surface area (Å²) in [7, 11) is 1.59. The van der Waals surface area contributed by atoms with Gasteiger partial charge in [-0.3, -0.25) is 4.79 Å². The van der Waals surface area contributed by atoms with Crippen molar-refractivity contribution >= 4 is 5.97 Å². The number of rotatable bonds is 24. The third-order valence-electron chi connectivity index (χ3n) is 12.0. The highest BCUT2D eigenvalue weighted by Crippen LogP contribution is 2.35. The largest absolute Gasteiger partial charge is 0.463 e. The minimum absolute atomic E-state index is 0.0625. The zero-order valence-electron chi connectivity index (χ0n) is 39.1. The predicted molar refractivity (Wildman–Crippen MR) is 257 cm³/mol. The summed E-state index contributed by atoms with van der Waals surface area (Å²) in [5.41, 5.74) is 5.77. The quantitative estimate of drug-likeness (QED) is 0.0539. The van der Waals surface area contributed by atoms with Crippen molar-refractivity contribution in [1.82, 2.24) is 0 Å². The normalized spacial score (nSPS) is 24.7. The number of methoxy groups -OCH3 is 1. The van der Waals surface area contributed by atoms with Crippen LogP contribution < -0.4 is 0 Å². The van der Waals surface area contributed by atoms with E-state index >= 15 is 0 Å². The van der Waals surface area contributed by atoms with Gasteiger partial charge in [-0.25, -0.2) is 0 Å². The highest BCUT2D eigenvalue weighted by Gasteiger charge is 2.52. The van der Waals surface area contributed by atoms with Crippen LogP contribution in [0.15, 0.2) is 182 Å². The fraction of sp³-hybridized carbons (Fsp3) is 0.351. The molecule has 0 unspecified atom stereocenters. The van der Waals surface area contributed by atoms with E-state index in [2.05, 4.69) is 0 Å². The van der Waals surface area contributed by atoms with Crippen LogP contribution in [0.25, 0.3) is 0 Å². The molecule has 69 heavy (non-hydrogen) atoms. The second-order valence-electron chi connectivity index (χ2n) is 17.0. The van der Waals surface area contributed by atoms with Crippen LogP contribution in [0.4, 0.5) is 0 Å². The van der Waals surface area contributed by atoms with Gasteiger partial charge in [0.25, 0.3) is 0 Å². The maximum Gasteiger partial charge on any atom is 0.302 e. The van der Waals surface area contributed by atoms with E-state index in [0.717, 1.165) is 33.4 Å². The Kier molecular flexibility index (Phi) is 19.0. The van der Waals surface area contributed by atoms with E-state index in [1.54, 1.807) is 7.11 Å². The maximum atomic E-state index is 12.4. The molecule has 0 aliphatic carbocycles. The monoisotopic (exact) mass is 938 g/mol. The van der Waals surface area contributed by atoms with E-state index < -0.39 is 67.4 Å². The topological polar surface area (TPSA) is 119 Å². The Morgan fingerprint density at radius 3 is 0.957 bits per heavy atom. The van der Waals surface area contributed by atoms with Crippen LogP contribution in [0.5, 0.6) is 0 Å². The van der Waals surface area contributed by atoms with Gasteiger partial charge in [-0.15, -0.1) is 0 Å². The van der Waals surface area contributed by atoms with E-state index in [1.165, 1.54) is 6.92 Å². The molecule has 10 atom stereocenters. The minimum atomic E-state index is -1.08. The summed E-state index contributed by atoms with van der Waals surface area (Å²) in [6.45, 7) is 2.66. The lowest BCUT2D eigenvalue weighted by Crippen LogP contribution is -2.64. The van der Waals surface area contributed by atoms with Gasteiger partial charge in [-0.05, 0) is 33.4 Å². The maximum absolute atomic E-state index is 12.4. The summed E-state index contributed by atoms with van der Waals surface area (Å²) in [4.78, 5) is 12.4. The molecule has 2 saturated heterocycles. The fourth-order valence-electron chi connectivity index (χ4n) is 8.47. The molecule has 6 aromatic rings. The third-order valence-corrected chi connectivity index (χ3v) is 12.0. The van der Waals surface area contributed by atoms with E-state index in [9.17, 15) is 4.79 Å². The van der Waals surface area contributed by atoms with Gasteiger partial charge in [0, 0.05) is 14.0 Å². The SMILES string of the molecule is CO[C@H]1O[C@H](CO[C@H]2O[C@H](COC(C)=O)[C@@H](OCc3ccccc3)[C@H](OCc3ccccc3)[C@@H]2OCc2ccccc2)[C@@H](OCc2ccccc2)[C@H](OCc2ccccc2)[C@@H]1OCc1ccccc1. The second-order valence-corrected chi connectivity index (χ2v) is 17.0. The number of carbonyl (C=O) groups excluding carboxylic acids is 1. The van der Waals surface area contributed by atoms with E-state index in [1.807, 2.05) is 182 Å². The first kappa shape index (κ1) is 49.8. The summed E-state index contributed by atoms with van der Waals surface area (Å²) in [5, 5.41) is 0. The molecule has 0 saturated carbocycles. The van der Waals surface area contributed by atoms with Crippen molar-refractivity contribution in [1.29, 1.82) is 0 Å². The zero-order chi connectivity index (χ0) is 47.5. The Hall–Kier alpha value is -5.61. The van der Waals surface area contributed by atoms with E-state index in [4.69, 9.17) is 52.1 Å². The Morgan fingerprint density at radius 2 is 0.638 bits per heavy atom. The van der Waals surface area contributed by atoms with Crippen molar-refractivity contribution in [3.8, 4) is 0 Å². The lowest BCUT2D eigenvalue weighted by molar-refractivity contribution is -0.350. The average molecular weight is 939 g/mol. The van der Waals surface area contributed by atoms with Crippen LogP contribution >= 0.6 is 0 Å². The van der Waals surface area contributed by atoms with Gasteiger partial charge in [0.1, 0.15) is 55.4 Å². The molecule has 0 N–H and O–H groups in total. The first-order valence-electron chi connectivity index (χ1n) is 23.5. The molecule has 0 aromatic heterocycles. The van der Waals surface area contributed by atoms with Crippen LogP contribution in [-0.4, -0.2) is 87.7 Å². The highest BCUT2D eigenvalue weighted by atomic mass is 16.8. The first-order valence-corrected chi connectivity index (χ1v) is 23.5. The molecule has 2 fully saturated rings. The molecular weight excluding hydrogens is 877 g/mol. The molecule has 12 nitrogen and oxygen atoms in total. The van der Waals surface area contributed by atoms with Crippen molar-refractivity contribution in [2.45, 2.75) is 108 Å². The summed E-state index contributed by atoms with van der Waals surface area (Å²) in [5.74, 6) is -0.465. The van der Waals surface area contributed by atoms with Gasteiger partial charge < -0.3 is 52.1 Å².